The van der Waals surface area contributed by atoms with Crippen molar-refractivity contribution in [3.63, 3.8) is 0 Å². The molecule has 0 atom stereocenters. The Labute approximate surface area is 141 Å². The minimum atomic E-state index is -0.542. The van der Waals surface area contributed by atoms with Gasteiger partial charge in [-0.15, -0.1) is 0 Å². The second-order valence-electron chi connectivity index (χ2n) is 5.98. The summed E-state index contributed by atoms with van der Waals surface area (Å²) in [5.74, 6) is -1.01. The van der Waals surface area contributed by atoms with Gasteiger partial charge in [0.1, 0.15) is 0 Å². The quantitative estimate of drug-likeness (QED) is 0.673. The van der Waals surface area contributed by atoms with Gasteiger partial charge in [-0.05, 0) is 63.4 Å². The number of ether oxygens (including phenoxy) is 1. The largest absolute Gasteiger partial charge is 0.454 e. The summed E-state index contributed by atoms with van der Waals surface area (Å²) in [6, 6.07) is 5.25. The number of rotatable bonds is 5. The third-order valence-electron chi connectivity index (χ3n) is 4.15. The molecule has 0 fully saturated rings. The van der Waals surface area contributed by atoms with Crippen molar-refractivity contribution in [1.29, 1.82) is 0 Å². The second kappa shape index (κ2) is 6.83. The molecule has 0 unspecified atom stereocenters. The summed E-state index contributed by atoms with van der Waals surface area (Å²) in [7, 11) is 0. The number of aryl methyl sites for hydroxylation is 3. The van der Waals surface area contributed by atoms with Gasteiger partial charge in [0.2, 0.25) is 5.78 Å². The van der Waals surface area contributed by atoms with Crippen LogP contribution in [0.1, 0.15) is 60.5 Å². The molecule has 2 rings (SSSR count). The van der Waals surface area contributed by atoms with E-state index in [0.717, 1.165) is 11.1 Å². The number of aromatic amines is 1. The lowest BCUT2D eigenvalue weighted by Crippen LogP contribution is -2.15. The molecule has 0 amide bonds. The monoisotopic (exact) mass is 327 g/mol. The van der Waals surface area contributed by atoms with Crippen LogP contribution in [0.2, 0.25) is 0 Å². The molecule has 0 saturated heterocycles. The average molecular weight is 327 g/mol. The Balaban J connectivity index is 2.11. The van der Waals surface area contributed by atoms with Crippen LogP contribution in [0.3, 0.4) is 0 Å². The molecular formula is C19H21NO4. The molecule has 5 nitrogen and oxygen atoms in total. The Morgan fingerprint density at radius 1 is 1.04 bits per heavy atom. The van der Waals surface area contributed by atoms with Gasteiger partial charge in [-0.3, -0.25) is 9.59 Å². The lowest BCUT2D eigenvalue weighted by molar-refractivity contribution is 0.0473. The standard InChI is InChI=1S/C19H21NO4/c1-10-6-7-15(8-11(10)2)19(23)24-9-16(22)18-12(3)17(14(5)21)13(4)20-18/h6-8,20H,9H2,1-5H3. The molecule has 0 aliphatic rings. The SMILES string of the molecule is CC(=O)c1c(C)[nH]c(C(=O)COC(=O)c2ccc(C)c(C)c2)c1C. The zero-order valence-corrected chi connectivity index (χ0v) is 14.6. The van der Waals surface area contributed by atoms with Crippen LogP contribution >= 0.6 is 0 Å². The van der Waals surface area contributed by atoms with Gasteiger partial charge in [-0.1, -0.05) is 6.07 Å². The summed E-state index contributed by atoms with van der Waals surface area (Å²) in [6.07, 6.45) is 0. The Morgan fingerprint density at radius 3 is 2.25 bits per heavy atom. The van der Waals surface area contributed by atoms with E-state index in [0.29, 0.717) is 28.1 Å². The molecule has 2 aromatic rings. The lowest BCUT2D eigenvalue weighted by Gasteiger charge is -2.06. The van der Waals surface area contributed by atoms with Crippen molar-refractivity contribution < 1.29 is 19.1 Å². The molecule has 126 valence electrons. The third kappa shape index (κ3) is 3.45. The Morgan fingerprint density at radius 2 is 1.71 bits per heavy atom. The number of ketones is 2. The van der Waals surface area contributed by atoms with E-state index in [2.05, 4.69) is 4.98 Å². The number of H-pyrrole nitrogens is 1. The number of benzene rings is 1. The fourth-order valence-electron chi connectivity index (χ4n) is 2.71. The van der Waals surface area contributed by atoms with E-state index in [9.17, 15) is 14.4 Å². The number of esters is 1. The van der Waals surface area contributed by atoms with Crippen LogP contribution in [0.5, 0.6) is 0 Å². The first-order valence-corrected chi connectivity index (χ1v) is 7.70. The molecule has 1 aromatic carbocycles. The first kappa shape index (κ1) is 17.7. The normalized spacial score (nSPS) is 10.5. The van der Waals surface area contributed by atoms with Crippen molar-refractivity contribution in [2.75, 3.05) is 6.61 Å². The van der Waals surface area contributed by atoms with E-state index in [1.54, 1.807) is 26.0 Å². The summed E-state index contributed by atoms with van der Waals surface area (Å²) in [5, 5.41) is 0. The van der Waals surface area contributed by atoms with Gasteiger partial charge in [-0.25, -0.2) is 4.79 Å². The maximum absolute atomic E-state index is 12.3. The van der Waals surface area contributed by atoms with E-state index in [1.165, 1.54) is 6.92 Å². The van der Waals surface area contributed by atoms with Crippen LogP contribution in [0.4, 0.5) is 0 Å². The fraction of sp³-hybridized carbons (Fsp3) is 0.316. The molecule has 0 radical (unpaired) electrons. The van der Waals surface area contributed by atoms with Crippen molar-refractivity contribution in [2.45, 2.75) is 34.6 Å². The van der Waals surface area contributed by atoms with Crippen LogP contribution in [0, 0.1) is 27.7 Å². The van der Waals surface area contributed by atoms with Crippen LogP contribution in [0.25, 0.3) is 0 Å². The topological polar surface area (TPSA) is 76.2 Å². The van der Waals surface area contributed by atoms with E-state index < -0.39 is 5.97 Å². The molecule has 1 N–H and O–H groups in total. The smallest absolute Gasteiger partial charge is 0.338 e. The highest BCUT2D eigenvalue weighted by atomic mass is 16.5. The number of nitrogens with one attached hydrogen (secondary N) is 1. The maximum atomic E-state index is 12.3. The maximum Gasteiger partial charge on any atom is 0.338 e. The van der Waals surface area contributed by atoms with E-state index in [1.807, 2.05) is 19.9 Å². The highest BCUT2D eigenvalue weighted by molar-refractivity contribution is 6.04. The molecule has 0 aliphatic carbocycles. The zero-order valence-electron chi connectivity index (χ0n) is 14.6. The molecule has 0 aliphatic heterocycles. The summed E-state index contributed by atoms with van der Waals surface area (Å²) in [6.45, 7) is 8.39. The van der Waals surface area contributed by atoms with Gasteiger partial charge in [0, 0.05) is 11.3 Å². The zero-order chi connectivity index (χ0) is 18.0. The van der Waals surface area contributed by atoms with Gasteiger partial charge in [-0.2, -0.15) is 0 Å². The number of carbonyl (C=O) groups is 3. The molecule has 1 heterocycles. The van der Waals surface area contributed by atoms with Crippen LogP contribution < -0.4 is 0 Å². The predicted molar refractivity (Wildman–Crippen MR) is 90.8 cm³/mol. The van der Waals surface area contributed by atoms with Crippen molar-refractivity contribution >= 4 is 17.5 Å². The summed E-state index contributed by atoms with van der Waals surface area (Å²) < 4.78 is 5.11. The van der Waals surface area contributed by atoms with Crippen molar-refractivity contribution in [3.8, 4) is 0 Å². The number of hydrogen-bond acceptors (Lipinski definition) is 4. The van der Waals surface area contributed by atoms with E-state index in [4.69, 9.17) is 4.74 Å². The molecule has 24 heavy (non-hydrogen) atoms. The second-order valence-corrected chi connectivity index (χ2v) is 5.98. The molecule has 5 heteroatoms. The molecule has 0 bridgehead atoms. The first-order valence-electron chi connectivity index (χ1n) is 7.70. The van der Waals surface area contributed by atoms with Crippen molar-refractivity contribution in [2.24, 2.45) is 0 Å². The predicted octanol–water partition coefficient (Wildman–Crippen LogP) is 3.49. The number of Topliss-reactive ketones (excluding diaryl/α,β-unsaturated/α-hetero) is 2. The molecule has 0 saturated carbocycles. The van der Waals surface area contributed by atoms with Gasteiger partial charge < -0.3 is 9.72 Å². The van der Waals surface area contributed by atoms with Gasteiger partial charge in [0.15, 0.2) is 12.4 Å². The van der Waals surface area contributed by atoms with Crippen LogP contribution in [-0.4, -0.2) is 29.1 Å². The van der Waals surface area contributed by atoms with E-state index in [-0.39, 0.29) is 18.2 Å². The first-order chi connectivity index (χ1) is 11.2. The van der Waals surface area contributed by atoms with Crippen LogP contribution in [-0.2, 0) is 4.74 Å². The van der Waals surface area contributed by atoms with Crippen molar-refractivity contribution in [1.82, 2.24) is 4.98 Å². The highest BCUT2D eigenvalue weighted by Crippen LogP contribution is 2.19. The van der Waals surface area contributed by atoms with E-state index >= 15 is 0 Å². The summed E-state index contributed by atoms with van der Waals surface area (Å²) in [5.41, 5.74) is 4.53. The van der Waals surface area contributed by atoms with Gasteiger partial charge in [0.25, 0.3) is 0 Å². The van der Waals surface area contributed by atoms with Crippen LogP contribution in [0.15, 0.2) is 18.2 Å². The Hall–Kier alpha value is -2.69. The van der Waals surface area contributed by atoms with Gasteiger partial charge >= 0.3 is 5.97 Å². The van der Waals surface area contributed by atoms with Gasteiger partial charge in [0.05, 0.1) is 11.3 Å². The third-order valence-corrected chi connectivity index (χ3v) is 4.15. The molecular weight excluding hydrogens is 306 g/mol. The highest BCUT2D eigenvalue weighted by Gasteiger charge is 2.21. The summed E-state index contributed by atoms with van der Waals surface area (Å²) >= 11 is 0. The fourth-order valence-corrected chi connectivity index (χ4v) is 2.71. The number of aromatic nitrogens is 1. The molecule has 1 aromatic heterocycles. The average Bonchev–Trinajstić information content (AvgIpc) is 2.82. The number of carbonyl (C=O) groups excluding carboxylic acids is 3. The molecule has 0 spiro atoms. The van der Waals surface area contributed by atoms with Crippen molar-refractivity contribution in [3.05, 3.63) is 57.4 Å². The number of hydrogen-bond donors (Lipinski definition) is 1. The Kier molecular flexibility index (Phi) is 5.02. The minimum absolute atomic E-state index is 0.104. The minimum Gasteiger partial charge on any atom is -0.454 e. The lowest BCUT2D eigenvalue weighted by atomic mass is 10.1. The Bertz CT molecular complexity index is 830. The summed E-state index contributed by atoms with van der Waals surface area (Å²) in [4.78, 5) is 38.9.